The van der Waals surface area contributed by atoms with Crippen LogP contribution in [0.3, 0.4) is 0 Å². The Morgan fingerprint density at radius 3 is 2.75 bits per heavy atom. The second kappa shape index (κ2) is 5.42. The highest BCUT2D eigenvalue weighted by atomic mass is 32.2. The topological polar surface area (TPSA) is 83.5 Å². The van der Waals surface area contributed by atoms with Gasteiger partial charge in [-0.15, -0.1) is 11.3 Å². The highest BCUT2D eigenvalue weighted by molar-refractivity contribution is 7.91. The van der Waals surface area contributed by atoms with Gasteiger partial charge in [-0.25, -0.2) is 17.9 Å². The van der Waals surface area contributed by atoms with E-state index in [0.29, 0.717) is 6.54 Å². The fraction of sp³-hybridized carbons (Fsp3) is 0.444. The Bertz CT molecular complexity index is 464. The van der Waals surface area contributed by atoms with E-state index < -0.39 is 16.0 Å². The Morgan fingerprint density at radius 1 is 1.56 bits per heavy atom. The largest absolute Gasteiger partial charge is 0.478 e. The molecule has 0 spiro atoms. The van der Waals surface area contributed by atoms with Crippen LogP contribution in [0.1, 0.15) is 30.1 Å². The highest BCUT2D eigenvalue weighted by Gasteiger charge is 2.17. The average molecular weight is 263 g/mol. The highest BCUT2D eigenvalue weighted by Crippen LogP contribution is 2.19. The third-order valence-electron chi connectivity index (χ3n) is 1.91. The number of sulfonamides is 1. The quantitative estimate of drug-likeness (QED) is 0.762. The summed E-state index contributed by atoms with van der Waals surface area (Å²) in [6.07, 6.45) is 1.66. The van der Waals surface area contributed by atoms with Crippen LogP contribution < -0.4 is 4.72 Å². The predicted molar refractivity (Wildman–Crippen MR) is 61.4 cm³/mol. The molecule has 0 radical (unpaired) electrons. The van der Waals surface area contributed by atoms with Crippen LogP contribution in [0, 0.1) is 0 Å². The molecule has 1 aromatic rings. The third kappa shape index (κ3) is 3.29. The van der Waals surface area contributed by atoms with Gasteiger partial charge in [-0.2, -0.15) is 0 Å². The minimum atomic E-state index is -3.54. The van der Waals surface area contributed by atoms with E-state index in [2.05, 4.69) is 4.72 Å². The summed E-state index contributed by atoms with van der Waals surface area (Å²) >= 11 is 0.912. The van der Waals surface area contributed by atoms with E-state index in [-0.39, 0.29) is 9.77 Å². The third-order valence-corrected chi connectivity index (χ3v) is 4.81. The van der Waals surface area contributed by atoms with E-state index in [1.54, 1.807) is 0 Å². The molecule has 1 rings (SSSR count). The van der Waals surface area contributed by atoms with Crippen LogP contribution in [0.2, 0.25) is 0 Å². The number of carbonyl (C=O) groups is 1. The zero-order valence-electron chi connectivity index (χ0n) is 8.76. The average Bonchev–Trinajstić information content (AvgIpc) is 2.67. The van der Waals surface area contributed by atoms with E-state index in [9.17, 15) is 13.2 Å². The maximum Gasteiger partial charge on any atom is 0.336 e. The van der Waals surface area contributed by atoms with Gasteiger partial charge in [-0.1, -0.05) is 13.3 Å². The van der Waals surface area contributed by atoms with Gasteiger partial charge < -0.3 is 5.11 Å². The Labute approximate surface area is 98.2 Å². The van der Waals surface area contributed by atoms with E-state index in [4.69, 9.17) is 5.11 Å². The Hall–Kier alpha value is -0.920. The van der Waals surface area contributed by atoms with E-state index in [1.165, 1.54) is 11.4 Å². The summed E-state index contributed by atoms with van der Waals surface area (Å²) in [7, 11) is -3.54. The Balaban J connectivity index is 2.78. The SMILES string of the molecule is CCCCNS(=O)(=O)c1cc(C(=O)O)cs1. The number of thiophene rings is 1. The lowest BCUT2D eigenvalue weighted by Gasteiger charge is -2.02. The van der Waals surface area contributed by atoms with Gasteiger partial charge in [0.25, 0.3) is 0 Å². The second-order valence-electron chi connectivity index (χ2n) is 3.21. The maximum atomic E-state index is 11.6. The van der Waals surface area contributed by atoms with Gasteiger partial charge in [-0.05, 0) is 12.5 Å². The molecule has 0 aliphatic heterocycles. The molecule has 90 valence electrons. The summed E-state index contributed by atoms with van der Waals surface area (Å²) in [6.45, 7) is 2.33. The van der Waals surface area contributed by atoms with Gasteiger partial charge in [0.15, 0.2) is 0 Å². The van der Waals surface area contributed by atoms with Crippen LogP contribution in [0.15, 0.2) is 15.7 Å². The van der Waals surface area contributed by atoms with Crippen molar-refractivity contribution < 1.29 is 18.3 Å². The van der Waals surface area contributed by atoms with E-state index in [1.807, 2.05) is 6.92 Å². The summed E-state index contributed by atoms with van der Waals surface area (Å²) in [4.78, 5) is 10.6. The van der Waals surface area contributed by atoms with Crippen molar-refractivity contribution in [3.8, 4) is 0 Å². The molecule has 0 saturated heterocycles. The first-order valence-corrected chi connectivity index (χ1v) is 7.15. The molecule has 2 N–H and O–H groups in total. The lowest BCUT2D eigenvalue weighted by Crippen LogP contribution is -2.23. The lowest BCUT2D eigenvalue weighted by molar-refractivity contribution is 0.0697. The molecule has 0 aliphatic carbocycles. The molecule has 16 heavy (non-hydrogen) atoms. The summed E-state index contributed by atoms with van der Waals surface area (Å²) in [5.41, 5.74) is 0.000802. The molecular formula is C9H13NO4S2. The fourth-order valence-corrected chi connectivity index (χ4v) is 3.30. The summed E-state index contributed by atoms with van der Waals surface area (Å²) in [5, 5.41) is 9.99. The zero-order valence-corrected chi connectivity index (χ0v) is 10.4. The van der Waals surface area contributed by atoms with Crippen LogP contribution in [-0.4, -0.2) is 26.0 Å². The zero-order chi connectivity index (χ0) is 12.2. The molecule has 1 heterocycles. The van der Waals surface area contributed by atoms with Gasteiger partial charge >= 0.3 is 5.97 Å². The smallest absolute Gasteiger partial charge is 0.336 e. The lowest BCUT2D eigenvalue weighted by atomic mass is 10.3. The number of carboxylic acids is 1. The molecule has 1 aromatic heterocycles. The molecule has 0 fully saturated rings. The van der Waals surface area contributed by atoms with Crippen molar-refractivity contribution >= 4 is 27.3 Å². The molecule has 0 unspecified atom stereocenters. The first kappa shape index (κ1) is 13.1. The van der Waals surface area contributed by atoms with Crippen LogP contribution in [0.4, 0.5) is 0 Å². The van der Waals surface area contributed by atoms with Crippen molar-refractivity contribution in [1.82, 2.24) is 4.72 Å². The van der Waals surface area contributed by atoms with Crippen LogP contribution in [0.25, 0.3) is 0 Å². The number of unbranched alkanes of at least 4 members (excludes halogenated alkanes) is 1. The predicted octanol–water partition coefficient (Wildman–Crippen LogP) is 1.52. The molecule has 0 amide bonds. The van der Waals surface area contributed by atoms with Crippen molar-refractivity contribution in [2.45, 2.75) is 24.0 Å². The standard InChI is InChI=1S/C9H13NO4S2/c1-2-3-4-10-16(13,14)8-5-7(6-15-8)9(11)12/h5-6,10H,2-4H2,1H3,(H,11,12). The first-order chi connectivity index (χ1) is 7.47. The van der Waals surface area contributed by atoms with Crippen molar-refractivity contribution in [1.29, 1.82) is 0 Å². The number of hydrogen-bond donors (Lipinski definition) is 2. The van der Waals surface area contributed by atoms with Crippen LogP contribution in [-0.2, 0) is 10.0 Å². The van der Waals surface area contributed by atoms with Crippen molar-refractivity contribution in [3.05, 3.63) is 17.0 Å². The van der Waals surface area contributed by atoms with Gasteiger partial charge in [-0.3, -0.25) is 0 Å². The number of hydrogen-bond acceptors (Lipinski definition) is 4. The van der Waals surface area contributed by atoms with Crippen LogP contribution >= 0.6 is 11.3 Å². The molecule has 0 bridgehead atoms. The molecular weight excluding hydrogens is 250 g/mol. The van der Waals surface area contributed by atoms with Crippen LogP contribution in [0.5, 0.6) is 0 Å². The van der Waals surface area contributed by atoms with Crippen molar-refractivity contribution in [2.75, 3.05) is 6.54 Å². The number of nitrogens with one attached hydrogen (secondary N) is 1. The normalized spacial score (nSPS) is 11.6. The minimum absolute atomic E-state index is 0.000802. The molecule has 5 nitrogen and oxygen atoms in total. The first-order valence-electron chi connectivity index (χ1n) is 4.79. The monoisotopic (exact) mass is 263 g/mol. The summed E-state index contributed by atoms with van der Waals surface area (Å²) in [5.74, 6) is -1.12. The van der Waals surface area contributed by atoms with E-state index in [0.717, 1.165) is 24.2 Å². The van der Waals surface area contributed by atoms with Crippen molar-refractivity contribution in [3.63, 3.8) is 0 Å². The second-order valence-corrected chi connectivity index (χ2v) is 6.12. The molecule has 0 saturated carbocycles. The summed E-state index contributed by atoms with van der Waals surface area (Å²) < 4.78 is 25.8. The van der Waals surface area contributed by atoms with E-state index >= 15 is 0 Å². The van der Waals surface area contributed by atoms with Crippen molar-refractivity contribution in [2.24, 2.45) is 0 Å². The molecule has 0 aromatic carbocycles. The fourth-order valence-electron chi connectivity index (χ4n) is 1.02. The Kier molecular flexibility index (Phi) is 4.45. The van der Waals surface area contributed by atoms with Gasteiger partial charge in [0.1, 0.15) is 4.21 Å². The molecule has 0 aliphatic rings. The van der Waals surface area contributed by atoms with Gasteiger partial charge in [0, 0.05) is 11.9 Å². The molecule has 7 heteroatoms. The number of aromatic carboxylic acids is 1. The van der Waals surface area contributed by atoms with Gasteiger partial charge in [0.2, 0.25) is 10.0 Å². The van der Waals surface area contributed by atoms with Gasteiger partial charge in [0.05, 0.1) is 5.56 Å². The minimum Gasteiger partial charge on any atom is -0.478 e. The Morgan fingerprint density at radius 2 is 2.25 bits per heavy atom. The number of carboxylic acid groups (broad SMARTS) is 1. The summed E-state index contributed by atoms with van der Waals surface area (Å²) in [6, 6.07) is 1.17. The maximum absolute atomic E-state index is 11.6. The number of rotatable bonds is 6. The molecule has 0 atom stereocenters.